The summed E-state index contributed by atoms with van der Waals surface area (Å²) in [5, 5.41) is 18.8. The minimum atomic E-state index is -3.83. The number of rotatable bonds is 8. The summed E-state index contributed by atoms with van der Waals surface area (Å²) in [5.41, 5.74) is 0.202. The number of aliphatic imine (C=N–C) groups is 1. The fourth-order valence-corrected chi connectivity index (χ4v) is 6.31. The van der Waals surface area contributed by atoms with Crippen LogP contribution in [-0.2, 0) is 10.0 Å². The molecule has 5 rings (SSSR count). The number of hydrogen-bond donors (Lipinski definition) is 3. The highest BCUT2D eigenvalue weighted by molar-refractivity contribution is 7.89. The first-order valence-corrected chi connectivity index (χ1v) is 14.8. The molecular formula is C29H26N6O5S2. The molecule has 5 aromatic rings. The maximum Gasteiger partial charge on any atom is 0.278 e. The Balaban J connectivity index is 1.70. The van der Waals surface area contributed by atoms with Crippen molar-refractivity contribution < 1.29 is 13.5 Å². The summed E-state index contributed by atoms with van der Waals surface area (Å²) in [6.45, 7) is 4.05. The standard InChI is InChI=1S/C29H26N6O5S2/c1-3-34(4-2)42(39,40)19-11-9-10-18(16-19)35-27(37)21-13-6-5-12-20(21)23(28(35)38)17-30-24-15-8-7-14-22(24)25-26(36)31-29(41)33-32-25/h5-17,38H,3-4H2,1-2H3,(H2,31,33,36,41). The number of aromatic hydroxyl groups is 1. The van der Waals surface area contributed by atoms with E-state index in [4.69, 9.17) is 12.2 Å². The number of H-pyrrole nitrogens is 2. The number of para-hydroxylation sites is 1. The first kappa shape index (κ1) is 28.8. The minimum absolute atomic E-state index is 0.00747. The van der Waals surface area contributed by atoms with Crippen molar-refractivity contribution in [2.45, 2.75) is 18.7 Å². The summed E-state index contributed by atoms with van der Waals surface area (Å²) in [7, 11) is -3.83. The van der Waals surface area contributed by atoms with Gasteiger partial charge in [0.1, 0.15) is 0 Å². The summed E-state index contributed by atoms with van der Waals surface area (Å²) in [5.74, 6) is -0.433. The van der Waals surface area contributed by atoms with E-state index in [2.05, 4.69) is 20.2 Å². The van der Waals surface area contributed by atoms with E-state index in [-0.39, 0.29) is 45.1 Å². The molecule has 0 saturated heterocycles. The van der Waals surface area contributed by atoms with Crippen molar-refractivity contribution in [1.29, 1.82) is 0 Å². The summed E-state index contributed by atoms with van der Waals surface area (Å²) in [4.78, 5) is 33.2. The first-order chi connectivity index (χ1) is 20.2. The molecule has 0 atom stereocenters. The van der Waals surface area contributed by atoms with Gasteiger partial charge in [-0.15, -0.1) is 0 Å². The van der Waals surface area contributed by atoms with Crippen LogP contribution in [0, 0.1) is 4.77 Å². The monoisotopic (exact) mass is 602 g/mol. The summed E-state index contributed by atoms with van der Waals surface area (Å²) >= 11 is 4.94. The zero-order chi connectivity index (χ0) is 30.0. The van der Waals surface area contributed by atoms with E-state index in [9.17, 15) is 23.1 Å². The molecule has 3 aromatic carbocycles. The first-order valence-electron chi connectivity index (χ1n) is 13.0. The second-order valence-electron chi connectivity index (χ2n) is 9.14. The Hall–Kier alpha value is -4.72. The van der Waals surface area contributed by atoms with Gasteiger partial charge < -0.3 is 5.11 Å². The molecule has 0 spiro atoms. The van der Waals surface area contributed by atoms with Gasteiger partial charge in [-0.1, -0.05) is 56.3 Å². The summed E-state index contributed by atoms with van der Waals surface area (Å²) < 4.78 is 28.8. The van der Waals surface area contributed by atoms with Gasteiger partial charge >= 0.3 is 0 Å². The Bertz CT molecular complexity index is 2130. The van der Waals surface area contributed by atoms with E-state index < -0.39 is 27.0 Å². The van der Waals surface area contributed by atoms with Crippen LogP contribution < -0.4 is 11.1 Å². The zero-order valence-corrected chi connectivity index (χ0v) is 24.2. The number of sulfonamides is 1. The zero-order valence-electron chi connectivity index (χ0n) is 22.6. The smallest absolute Gasteiger partial charge is 0.278 e. The molecule has 0 aliphatic heterocycles. The second kappa shape index (κ2) is 11.6. The summed E-state index contributed by atoms with van der Waals surface area (Å²) in [6.07, 6.45) is 1.39. The molecule has 0 saturated carbocycles. The van der Waals surface area contributed by atoms with Crippen LogP contribution in [0.15, 0.2) is 92.3 Å². The van der Waals surface area contributed by atoms with Crippen LogP contribution in [0.5, 0.6) is 5.88 Å². The fourth-order valence-electron chi connectivity index (χ4n) is 4.68. The van der Waals surface area contributed by atoms with Crippen molar-refractivity contribution in [3.63, 3.8) is 0 Å². The summed E-state index contributed by atoms with van der Waals surface area (Å²) in [6, 6.07) is 19.4. The van der Waals surface area contributed by atoms with Crippen LogP contribution in [0.3, 0.4) is 0 Å². The molecule has 13 heteroatoms. The Morgan fingerprint density at radius 3 is 2.40 bits per heavy atom. The van der Waals surface area contributed by atoms with Crippen molar-refractivity contribution in [2.24, 2.45) is 4.99 Å². The molecule has 42 heavy (non-hydrogen) atoms. The lowest BCUT2D eigenvalue weighted by Gasteiger charge is -2.19. The number of hydrogen-bond acceptors (Lipinski definition) is 8. The predicted molar refractivity (Wildman–Crippen MR) is 164 cm³/mol. The van der Waals surface area contributed by atoms with Crippen molar-refractivity contribution in [3.05, 3.63) is 104 Å². The lowest BCUT2D eigenvalue weighted by molar-refractivity contribution is 0.435. The highest BCUT2D eigenvalue weighted by atomic mass is 32.2. The van der Waals surface area contributed by atoms with E-state index >= 15 is 0 Å². The molecule has 0 bridgehead atoms. The van der Waals surface area contributed by atoms with Gasteiger partial charge in [0.2, 0.25) is 15.9 Å². The number of nitrogens with zero attached hydrogens (tertiary/aromatic N) is 4. The SMILES string of the molecule is CCN(CC)S(=O)(=O)c1cccc(-n2c(O)c(C=Nc3ccccc3-c3n[nH]c(=S)[nH]c3=O)c3ccccc3c2=O)c1. The fraction of sp³-hybridized carbons (Fsp3) is 0.138. The molecule has 2 aromatic heterocycles. The van der Waals surface area contributed by atoms with E-state index in [1.165, 1.54) is 28.7 Å². The van der Waals surface area contributed by atoms with Gasteiger partial charge in [-0.25, -0.2) is 13.0 Å². The average molecular weight is 603 g/mol. The molecular weight excluding hydrogens is 576 g/mol. The van der Waals surface area contributed by atoms with Crippen LogP contribution >= 0.6 is 12.2 Å². The molecule has 11 nitrogen and oxygen atoms in total. The molecule has 0 amide bonds. The molecule has 0 unspecified atom stereocenters. The normalized spacial score (nSPS) is 12.0. The van der Waals surface area contributed by atoms with Gasteiger partial charge in [-0.05, 0) is 42.5 Å². The Morgan fingerprint density at radius 1 is 1.00 bits per heavy atom. The number of nitrogens with one attached hydrogen (secondary N) is 2. The van der Waals surface area contributed by atoms with E-state index in [1.807, 2.05) is 0 Å². The third-order valence-electron chi connectivity index (χ3n) is 6.73. The molecule has 0 radical (unpaired) electrons. The molecule has 3 N–H and O–H groups in total. The number of aromatic nitrogens is 4. The molecule has 214 valence electrons. The third-order valence-corrected chi connectivity index (χ3v) is 8.96. The maximum atomic E-state index is 13.6. The van der Waals surface area contributed by atoms with Crippen LogP contribution in [0.25, 0.3) is 27.7 Å². The number of pyridine rings is 1. The molecule has 0 aliphatic carbocycles. The number of benzene rings is 3. The van der Waals surface area contributed by atoms with Crippen LogP contribution in [0.2, 0.25) is 0 Å². The molecule has 0 aliphatic rings. The van der Waals surface area contributed by atoms with E-state index in [1.54, 1.807) is 68.4 Å². The Morgan fingerprint density at radius 2 is 1.69 bits per heavy atom. The third kappa shape index (κ3) is 5.20. The van der Waals surface area contributed by atoms with E-state index in [0.29, 0.717) is 16.6 Å². The highest BCUT2D eigenvalue weighted by Gasteiger charge is 2.23. The molecule has 2 heterocycles. The van der Waals surface area contributed by atoms with Gasteiger partial charge in [0.15, 0.2) is 10.5 Å². The minimum Gasteiger partial charge on any atom is -0.494 e. The second-order valence-corrected chi connectivity index (χ2v) is 11.5. The van der Waals surface area contributed by atoms with Gasteiger partial charge in [0, 0.05) is 35.6 Å². The van der Waals surface area contributed by atoms with Crippen molar-refractivity contribution in [3.8, 4) is 22.8 Å². The Kier molecular flexibility index (Phi) is 7.98. The van der Waals surface area contributed by atoms with Crippen LogP contribution in [0.1, 0.15) is 19.4 Å². The quantitative estimate of drug-likeness (QED) is 0.177. The Labute approximate surface area is 245 Å². The van der Waals surface area contributed by atoms with Crippen LogP contribution in [0.4, 0.5) is 5.69 Å². The largest absolute Gasteiger partial charge is 0.494 e. The van der Waals surface area contributed by atoms with Gasteiger partial charge in [-0.3, -0.25) is 24.7 Å². The van der Waals surface area contributed by atoms with Crippen molar-refractivity contribution >= 4 is 44.9 Å². The van der Waals surface area contributed by atoms with Crippen molar-refractivity contribution in [2.75, 3.05) is 13.1 Å². The lowest BCUT2D eigenvalue weighted by Crippen LogP contribution is -2.30. The van der Waals surface area contributed by atoms with E-state index in [0.717, 1.165) is 4.57 Å². The van der Waals surface area contributed by atoms with Gasteiger partial charge in [0.05, 0.1) is 21.8 Å². The number of fused-ring (bicyclic) bond motifs is 1. The number of aromatic amines is 2. The van der Waals surface area contributed by atoms with Crippen molar-refractivity contribution in [1.82, 2.24) is 24.1 Å². The topological polar surface area (TPSA) is 154 Å². The van der Waals surface area contributed by atoms with Gasteiger partial charge in [-0.2, -0.15) is 9.40 Å². The average Bonchev–Trinajstić information content (AvgIpc) is 2.98. The van der Waals surface area contributed by atoms with Crippen LogP contribution in [-0.4, -0.2) is 56.9 Å². The highest BCUT2D eigenvalue weighted by Crippen LogP contribution is 2.30. The van der Waals surface area contributed by atoms with Gasteiger partial charge in [0.25, 0.3) is 11.1 Å². The lowest BCUT2D eigenvalue weighted by atomic mass is 10.1. The maximum absolute atomic E-state index is 13.6. The molecule has 0 fully saturated rings. The predicted octanol–water partition coefficient (Wildman–Crippen LogP) is 4.29.